The van der Waals surface area contributed by atoms with Crippen molar-refractivity contribution in [1.82, 2.24) is 0 Å². The van der Waals surface area contributed by atoms with Crippen LogP contribution in [0.3, 0.4) is 0 Å². The number of nitrogens with one attached hydrogen (secondary N) is 1. The highest BCUT2D eigenvalue weighted by molar-refractivity contribution is 6.31. The normalized spacial score (nSPS) is 11.0. The number of halogens is 1. The molecule has 0 aliphatic heterocycles. The highest BCUT2D eigenvalue weighted by atomic mass is 35.5. The Bertz CT molecular complexity index is 379. The molecule has 0 saturated heterocycles. The molecule has 5 heteroatoms. The van der Waals surface area contributed by atoms with Crippen molar-refractivity contribution in [3.63, 3.8) is 0 Å². The Labute approximate surface area is 99.7 Å². The number of hydrogen-bond donors (Lipinski definition) is 2. The maximum atomic E-state index is 11.4. The molecule has 0 bridgehead atoms. The Kier molecular flexibility index (Phi) is 3.65. The molecule has 1 aromatic rings. The fourth-order valence-electron chi connectivity index (χ4n) is 1.11. The van der Waals surface area contributed by atoms with E-state index in [1.165, 1.54) is 0 Å². The lowest BCUT2D eigenvalue weighted by molar-refractivity contribution is 0.0636. The van der Waals surface area contributed by atoms with Crippen LogP contribution in [0.1, 0.15) is 20.8 Å². The van der Waals surface area contributed by atoms with Crippen molar-refractivity contribution < 1.29 is 9.53 Å². The van der Waals surface area contributed by atoms with Crippen molar-refractivity contribution >= 4 is 29.1 Å². The summed E-state index contributed by atoms with van der Waals surface area (Å²) in [6.07, 6.45) is -0.533. The molecule has 16 heavy (non-hydrogen) atoms. The molecule has 0 heterocycles. The number of rotatable bonds is 1. The Morgan fingerprint density at radius 1 is 1.38 bits per heavy atom. The van der Waals surface area contributed by atoms with Crippen molar-refractivity contribution in [2.75, 3.05) is 11.1 Å². The molecule has 3 N–H and O–H groups in total. The Hall–Kier alpha value is -1.42. The standard InChI is InChI=1S/C11H15ClN2O2/c1-11(2,3)16-10(15)14-9-5-7(12)4-8(13)6-9/h4-6H,13H2,1-3H3,(H,14,15). The molecule has 88 valence electrons. The van der Waals surface area contributed by atoms with Gasteiger partial charge in [-0.05, 0) is 39.0 Å². The quantitative estimate of drug-likeness (QED) is 0.743. The van der Waals surface area contributed by atoms with Gasteiger partial charge in [-0.3, -0.25) is 5.32 Å². The lowest BCUT2D eigenvalue weighted by Gasteiger charge is -2.19. The predicted octanol–water partition coefficient (Wildman–Crippen LogP) is 3.27. The number of hydrogen-bond acceptors (Lipinski definition) is 3. The van der Waals surface area contributed by atoms with E-state index in [1.54, 1.807) is 39.0 Å². The van der Waals surface area contributed by atoms with E-state index in [0.29, 0.717) is 16.4 Å². The molecule has 1 aromatic carbocycles. The van der Waals surface area contributed by atoms with E-state index in [1.807, 2.05) is 0 Å². The predicted molar refractivity (Wildman–Crippen MR) is 65.7 cm³/mol. The van der Waals surface area contributed by atoms with E-state index in [0.717, 1.165) is 0 Å². The van der Waals surface area contributed by atoms with Gasteiger partial charge in [-0.1, -0.05) is 11.6 Å². The van der Waals surface area contributed by atoms with Gasteiger partial charge in [0.2, 0.25) is 0 Å². The van der Waals surface area contributed by atoms with Crippen molar-refractivity contribution in [1.29, 1.82) is 0 Å². The maximum absolute atomic E-state index is 11.4. The molecule has 0 aromatic heterocycles. The number of nitrogens with two attached hydrogens (primary N) is 1. The molecule has 0 radical (unpaired) electrons. The van der Waals surface area contributed by atoms with Gasteiger partial charge in [0, 0.05) is 16.4 Å². The summed E-state index contributed by atoms with van der Waals surface area (Å²) in [5, 5.41) is 3.02. The number of anilines is 2. The van der Waals surface area contributed by atoms with Gasteiger partial charge in [-0.15, -0.1) is 0 Å². The van der Waals surface area contributed by atoms with Gasteiger partial charge in [0.25, 0.3) is 0 Å². The number of carbonyl (C=O) groups excluding carboxylic acids is 1. The summed E-state index contributed by atoms with van der Waals surface area (Å²) >= 11 is 5.79. The SMILES string of the molecule is CC(C)(C)OC(=O)Nc1cc(N)cc(Cl)c1. The summed E-state index contributed by atoms with van der Waals surface area (Å²) in [6.45, 7) is 5.37. The second kappa shape index (κ2) is 4.61. The first-order chi connectivity index (χ1) is 7.26. The van der Waals surface area contributed by atoms with Crippen LogP contribution in [0.15, 0.2) is 18.2 Å². The third-order valence-corrected chi connectivity index (χ3v) is 1.78. The van der Waals surface area contributed by atoms with Gasteiger partial charge >= 0.3 is 6.09 Å². The Morgan fingerprint density at radius 2 is 2.00 bits per heavy atom. The fourth-order valence-corrected chi connectivity index (χ4v) is 1.35. The summed E-state index contributed by atoms with van der Waals surface area (Å²) in [5.74, 6) is 0. The Balaban J connectivity index is 2.70. The minimum Gasteiger partial charge on any atom is -0.444 e. The van der Waals surface area contributed by atoms with Gasteiger partial charge in [0.05, 0.1) is 0 Å². The molecular weight excluding hydrogens is 228 g/mol. The second-order valence-electron chi connectivity index (χ2n) is 4.40. The second-order valence-corrected chi connectivity index (χ2v) is 4.84. The van der Waals surface area contributed by atoms with E-state index in [-0.39, 0.29) is 0 Å². The van der Waals surface area contributed by atoms with E-state index in [4.69, 9.17) is 22.1 Å². The zero-order valence-electron chi connectivity index (χ0n) is 9.50. The summed E-state index contributed by atoms with van der Waals surface area (Å²) in [5.41, 5.74) is 6.05. The Morgan fingerprint density at radius 3 is 2.50 bits per heavy atom. The van der Waals surface area contributed by atoms with Crippen molar-refractivity contribution in [2.24, 2.45) is 0 Å². The van der Waals surface area contributed by atoms with E-state index < -0.39 is 11.7 Å². The molecule has 0 saturated carbocycles. The van der Waals surface area contributed by atoms with Crippen LogP contribution < -0.4 is 11.1 Å². The topological polar surface area (TPSA) is 64.3 Å². The average Bonchev–Trinajstić information content (AvgIpc) is 1.96. The lowest BCUT2D eigenvalue weighted by atomic mass is 10.2. The zero-order valence-corrected chi connectivity index (χ0v) is 10.3. The summed E-state index contributed by atoms with van der Waals surface area (Å²) in [6, 6.07) is 4.81. The highest BCUT2D eigenvalue weighted by Gasteiger charge is 2.16. The molecule has 1 rings (SSSR count). The third kappa shape index (κ3) is 4.40. The van der Waals surface area contributed by atoms with Crippen LogP contribution in [0.5, 0.6) is 0 Å². The molecule has 0 spiro atoms. The van der Waals surface area contributed by atoms with Gasteiger partial charge in [-0.2, -0.15) is 0 Å². The number of nitrogen functional groups attached to an aromatic ring is 1. The van der Waals surface area contributed by atoms with Crippen LogP contribution in [-0.2, 0) is 4.74 Å². The molecule has 0 fully saturated rings. The van der Waals surface area contributed by atoms with Crippen LogP contribution in [0, 0.1) is 0 Å². The maximum Gasteiger partial charge on any atom is 0.412 e. The number of amides is 1. The monoisotopic (exact) mass is 242 g/mol. The summed E-state index contributed by atoms with van der Waals surface area (Å²) < 4.78 is 5.09. The van der Waals surface area contributed by atoms with Crippen molar-refractivity contribution in [3.05, 3.63) is 23.2 Å². The minimum absolute atomic E-state index is 0.464. The first kappa shape index (κ1) is 12.6. The zero-order chi connectivity index (χ0) is 12.3. The van der Waals surface area contributed by atoms with Crippen LogP contribution in [-0.4, -0.2) is 11.7 Å². The number of carbonyl (C=O) groups is 1. The molecule has 0 atom stereocenters. The minimum atomic E-state index is -0.534. The molecule has 0 unspecified atom stereocenters. The van der Waals surface area contributed by atoms with Crippen molar-refractivity contribution in [3.8, 4) is 0 Å². The van der Waals surface area contributed by atoms with E-state index >= 15 is 0 Å². The van der Waals surface area contributed by atoms with Gasteiger partial charge in [0.1, 0.15) is 5.60 Å². The highest BCUT2D eigenvalue weighted by Crippen LogP contribution is 2.21. The van der Waals surface area contributed by atoms with Gasteiger partial charge < -0.3 is 10.5 Å². The number of benzene rings is 1. The van der Waals surface area contributed by atoms with Crippen LogP contribution >= 0.6 is 11.6 Å². The summed E-state index contributed by atoms with van der Waals surface area (Å²) in [4.78, 5) is 11.4. The van der Waals surface area contributed by atoms with Crippen LogP contribution in [0.25, 0.3) is 0 Å². The van der Waals surface area contributed by atoms with Gasteiger partial charge in [-0.25, -0.2) is 4.79 Å². The summed E-state index contributed by atoms with van der Waals surface area (Å²) in [7, 11) is 0. The van der Waals surface area contributed by atoms with Crippen molar-refractivity contribution in [2.45, 2.75) is 26.4 Å². The smallest absolute Gasteiger partial charge is 0.412 e. The van der Waals surface area contributed by atoms with Crippen LogP contribution in [0.2, 0.25) is 5.02 Å². The van der Waals surface area contributed by atoms with E-state index in [9.17, 15) is 4.79 Å². The number of ether oxygens (including phenoxy) is 1. The first-order valence-electron chi connectivity index (χ1n) is 4.82. The van der Waals surface area contributed by atoms with E-state index in [2.05, 4.69) is 5.32 Å². The lowest BCUT2D eigenvalue weighted by Crippen LogP contribution is -2.27. The average molecular weight is 243 g/mol. The largest absolute Gasteiger partial charge is 0.444 e. The molecular formula is C11H15ClN2O2. The van der Waals surface area contributed by atoms with Crippen LogP contribution in [0.4, 0.5) is 16.2 Å². The molecule has 0 aliphatic rings. The molecule has 0 aliphatic carbocycles. The molecule has 1 amide bonds. The third-order valence-electron chi connectivity index (χ3n) is 1.57. The fraction of sp³-hybridized carbons (Fsp3) is 0.364. The van der Waals surface area contributed by atoms with Gasteiger partial charge in [0.15, 0.2) is 0 Å². The molecule has 4 nitrogen and oxygen atoms in total. The first-order valence-corrected chi connectivity index (χ1v) is 5.20.